The van der Waals surface area contributed by atoms with E-state index < -0.39 is 0 Å². The number of ether oxygens (including phenoxy) is 2. The predicted molar refractivity (Wildman–Crippen MR) is 75.3 cm³/mol. The first-order valence-electron chi connectivity index (χ1n) is 7.84. The van der Waals surface area contributed by atoms with E-state index >= 15 is 0 Å². The van der Waals surface area contributed by atoms with Gasteiger partial charge in [0.05, 0.1) is 12.2 Å². The molecule has 0 aromatic rings. The van der Waals surface area contributed by atoms with Gasteiger partial charge in [-0.25, -0.2) is 0 Å². The second-order valence-electron chi connectivity index (χ2n) is 6.52. The first-order chi connectivity index (χ1) is 9.30. The average molecular weight is 268 g/mol. The van der Waals surface area contributed by atoms with Gasteiger partial charge < -0.3 is 14.8 Å². The Morgan fingerprint density at radius 2 is 1.74 bits per heavy atom. The molecule has 2 saturated heterocycles. The van der Waals surface area contributed by atoms with Crippen molar-refractivity contribution in [3.05, 3.63) is 0 Å². The van der Waals surface area contributed by atoms with Gasteiger partial charge >= 0.3 is 0 Å². The number of hydrogen-bond donors (Lipinski definition) is 1. The molecule has 3 rings (SSSR count). The van der Waals surface area contributed by atoms with E-state index in [-0.39, 0.29) is 12.2 Å². The highest BCUT2D eigenvalue weighted by Crippen LogP contribution is 2.33. The molecule has 3 fully saturated rings. The Morgan fingerprint density at radius 3 is 2.37 bits per heavy atom. The molecule has 4 heteroatoms. The van der Waals surface area contributed by atoms with E-state index in [9.17, 15) is 0 Å². The molecule has 0 radical (unpaired) electrons. The highest BCUT2D eigenvalue weighted by molar-refractivity contribution is 4.96. The molecule has 3 aliphatic rings. The molecular weight excluding hydrogens is 240 g/mol. The molecule has 0 bridgehead atoms. The number of hydrogen-bond acceptors (Lipinski definition) is 4. The Bertz CT molecular complexity index is 260. The van der Waals surface area contributed by atoms with Crippen LogP contribution in [0.2, 0.25) is 0 Å². The van der Waals surface area contributed by atoms with Crippen molar-refractivity contribution in [2.24, 2.45) is 5.92 Å². The SMILES string of the molecule is COC1CN(CC2CC3CCCCC3N2)CC1OC. The number of fused-ring (bicyclic) bond motifs is 1. The molecule has 2 heterocycles. The molecule has 110 valence electrons. The third-order valence-corrected chi connectivity index (χ3v) is 5.32. The maximum atomic E-state index is 5.52. The second-order valence-corrected chi connectivity index (χ2v) is 6.52. The van der Waals surface area contributed by atoms with Gasteiger partial charge in [0.15, 0.2) is 0 Å². The van der Waals surface area contributed by atoms with Crippen molar-refractivity contribution in [3.8, 4) is 0 Å². The first-order valence-corrected chi connectivity index (χ1v) is 7.84. The molecule has 2 aliphatic heterocycles. The largest absolute Gasteiger partial charge is 0.377 e. The maximum Gasteiger partial charge on any atom is 0.0971 e. The van der Waals surface area contributed by atoms with Crippen LogP contribution in [0.5, 0.6) is 0 Å². The fraction of sp³-hybridized carbons (Fsp3) is 1.00. The number of likely N-dealkylation sites (tertiary alicyclic amines) is 1. The molecule has 5 unspecified atom stereocenters. The lowest BCUT2D eigenvalue weighted by molar-refractivity contribution is -0.00461. The molecule has 4 nitrogen and oxygen atoms in total. The number of methoxy groups -OCH3 is 2. The van der Waals surface area contributed by atoms with Gasteiger partial charge in [-0.3, -0.25) is 4.90 Å². The summed E-state index contributed by atoms with van der Waals surface area (Å²) in [6.45, 7) is 3.19. The zero-order chi connectivity index (χ0) is 13.2. The number of rotatable bonds is 4. The summed E-state index contributed by atoms with van der Waals surface area (Å²) in [5, 5.41) is 3.86. The van der Waals surface area contributed by atoms with E-state index in [2.05, 4.69) is 10.2 Å². The lowest BCUT2D eigenvalue weighted by atomic mass is 9.85. The third kappa shape index (κ3) is 2.97. The Kier molecular flexibility index (Phi) is 4.42. The van der Waals surface area contributed by atoms with Crippen LogP contribution in [0.15, 0.2) is 0 Å². The van der Waals surface area contributed by atoms with Crippen LogP contribution < -0.4 is 5.32 Å². The Balaban J connectivity index is 1.50. The Morgan fingerprint density at radius 1 is 1.05 bits per heavy atom. The molecule has 1 N–H and O–H groups in total. The topological polar surface area (TPSA) is 33.7 Å². The van der Waals surface area contributed by atoms with Crippen molar-refractivity contribution in [3.63, 3.8) is 0 Å². The van der Waals surface area contributed by atoms with E-state index in [1.165, 1.54) is 32.1 Å². The molecule has 0 aromatic heterocycles. The van der Waals surface area contributed by atoms with Crippen LogP contribution in [0.4, 0.5) is 0 Å². The van der Waals surface area contributed by atoms with Gasteiger partial charge in [-0.1, -0.05) is 12.8 Å². The van der Waals surface area contributed by atoms with Gasteiger partial charge in [-0.2, -0.15) is 0 Å². The highest BCUT2D eigenvalue weighted by atomic mass is 16.5. The Hall–Kier alpha value is -0.160. The summed E-state index contributed by atoms with van der Waals surface area (Å²) in [5.41, 5.74) is 0. The van der Waals surface area contributed by atoms with Crippen molar-refractivity contribution in [1.82, 2.24) is 10.2 Å². The molecule has 0 spiro atoms. The summed E-state index contributed by atoms with van der Waals surface area (Å²) < 4.78 is 11.0. The summed E-state index contributed by atoms with van der Waals surface area (Å²) in [7, 11) is 3.59. The van der Waals surface area contributed by atoms with Crippen LogP contribution in [0.25, 0.3) is 0 Å². The van der Waals surface area contributed by atoms with Crippen molar-refractivity contribution in [2.75, 3.05) is 33.9 Å². The smallest absolute Gasteiger partial charge is 0.0971 e. The summed E-state index contributed by atoms with van der Waals surface area (Å²) >= 11 is 0. The van der Waals surface area contributed by atoms with E-state index in [1.807, 2.05) is 0 Å². The molecule has 19 heavy (non-hydrogen) atoms. The normalized spacial score (nSPS) is 43.6. The summed E-state index contributed by atoms with van der Waals surface area (Å²) in [6, 6.07) is 1.49. The van der Waals surface area contributed by atoms with Crippen molar-refractivity contribution in [2.45, 2.75) is 56.4 Å². The lowest BCUT2D eigenvalue weighted by Crippen LogP contribution is -2.40. The summed E-state index contributed by atoms with van der Waals surface area (Å²) in [5.74, 6) is 0.942. The molecule has 0 aromatic carbocycles. The summed E-state index contributed by atoms with van der Waals surface area (Å²) in [4.78, 5) is 2.51. The molecule has 0 amide bonds. The minimum Gasteiger partial charge on any atom is -0.377 e. The third-order valence-electron chi connectivity index (χ3n) is 5.32. The number of nitrogens with one attached hydrogen (secondary N) is 1. The van der Waals surface area contributed by atoms with Gasteiger partial charge in [0.1, 0.15) is 0 Å². The minimum atomic E-state index is 0.244. The molecular formula is C15H28N2O2. The van der Waals surface area contributed by atoms with Crippen LogP contribution in [-0.4, -0.2) is 63.0 Å². The quantitative estimate of drug-likeness (QED) is 0.832. The van der Waals surface area contributed by atoms with Crippen molar-refractivity contribution in [1.29, 1.82) is 0 Å². The number of nitrogens with zero attached hydrogens (tertiary/aromatic N) is 1. The van der Waals surface area contributed by atoms with Gasteiger partial charge in [-0.05, 0) is 25.2 Å². The lowest BCUT2D eigenvalue weighted by Gasteiger charge is -2.24. The van der Waals surface area contributed by atoms with Crippen molar-refractivity contribution < 1.29 is 9.47 Å². The average Bonchev–Trinajstić information content (AvgIpc) is 3.01. The van der Waals surface area contributed by atoms with Crippen LogP contribution in [0, 0.1) is 5.92 Å². The monoisotopic (exact) mass is 268 g/mol. The van der Waals surface area contributed by atoms with Gasteiger partial charge in [0, 0.05) is 45.9 Å². The second kappa shape index (κ2) is 6.08. The molecule has 1 saturated carbocycles. The van der Waals surface area contributed by atoms with E-state index in [1.54, 1.807) is 14.2 Å². The maximum absolute atomic E-state index is 5.52. The first kappa shape index (κ1) is 13.8. The molecule has 1 aliphatic carbocycles. The van der Waals surface area contributed by atoms with Crippen LogP contribution >= 0.6 is 0 Å². The zero-order valence-electron chi connectivity index (χ0n) is 12.3. The minimum absolute atomic E-state index is 0.244. The fourth-order valence-electron chi connectivity index (χ4n) is 4.30. The van der Waals surface area contributed by atoms with Gasteiger partial charge in [-0.15, -0.1) is 0 Å². The van der Waals surface area contributed by atoms with Crippen molar-refractivity contribution >= 4 is 0 Å². The Labute approximate surface area is 116 Å². The van der Waals surface area contributed by atoms with E-state index in [0.29, 0.717) is 6.04 Å². The van der Waals surface area contributed by atoms with Crippen LogP contribution in [0.1, 0.15) is 32.1 Å². The van der Waals surface area contributed by atoms with Gasteiger partial charge in [0.2, 0.25) is 0 Å². The molecule has 5 atom stereocenters. The van der Waals surface area contributed by atoms with Gasteiger partial charge in [0.25, 0.3) is 0 Å². The van der Waals surface area contributed by atoms with Crippen LogP contribution in [0.3, 0.4) is 0 Å². The fourth-order valence-corrected chi connectivity index (χ4v) is 4.30. The predicted octanol–water partition coefficient (Wildman–Crippen LogP) is 1.25. The highest BCUT2D eigenvalue weighted by Gasteiger charge is 2.38. The standard InChI is InChI=1S/C15H28N2O2/c1-18-14-9-17(10-15(14)19-2)8-12-7-11-5-3-4-6-13(11)16-12/h11-16H,3-10H2,1-2H3. The summed E-state index contributed by atoms with van der Waals surface area (Å²) in [6.07, 6.45) is 7.55. The van der Waals surface area contributed by atoms with Crippen LogP contribution in [-0.2, 0) is 9.47 Å². The van der Waals surface area contributed by atoms with E-state index in [0.717, 1.165) is 31.6 Å². The van der Waals surface area contributed by atoms with E-state index in [4.69, 9.17) is 9.47 Å². The zero-order valence-corrected chi connectivity index (χ0v) is 12.3.